The Morgan fingerprint density at radius 2 is 2.00 bits per heavy atom. The smallest absolute Gasteiger partial charge is 0.125 e. The lowest BCUT2D eigenvalue weighted by atomic mass is 10.2. The molecule has 0 heterocycles. The lowest BCUT2D eigenvalue weighted by Crippen LogP contribution is -1.99. The standard InChI is InChI=1S/C7H7ClO3S/c1-5-2-3-6(8)7(4-5)12(9,10)11/h2-4H,1H3,(H,9,10,11)/p-1. The first kappa shape index (κ1) is 9.51. The average Bonchev–Trinajstić information content (AvgIpc) is 1.92. The van der Waals surface area contributed by atoms with Crippen LogP contribution >= 0.6 is 11.6 Å². The van der Waals surface area contributed by atoms with E-state index in [0.29, 0.717) is 5.56 Å². The van der Waals surface area contributed by atoms with Crippen molar-refractivity contribution in [1.29, 1.82) is 0 Å². The lowest BCUT2D eigenvalue weighted by Gasteiger charge is -2.09. The van der Waals surface area contributed by atoms with E-state index >= 15 is 0 Å². The summed E-state index contributed by atoms with van der Waals surface area (Å²) in [5.41, 5.74) is 0.689. The highest BCUT2D eigenvalue weighted by molar-refractivity contribution is 7.85. The Balaban J connectivity index is 3.43. The minimum Gasteiger partial charge on any atom is -0.744 e. The fourth-order valence-corrected chi connectivity index (χ4v) is 1.84. The van der Waals surface area contributed by atoms with Crippen LogP contribution in [0.3, 0.4) is 0 Å². The van der Waals surface area contributed by atoms with Gasteiger partial charge in [-0.15, -0.1) is 0 Å². The highest BCUT2D eigenvalue weighted by Crippen LogP contribution is 2.21. The van der Waals surface area contributed by atoms with Crippen molar-refractivity contribution in [2.75, 3.05) is 0 Å². The number of hydrogen-bond donors (Lipinski definition) is 0. The molecule has 1 aromatic rings. The van der Waals surface area contributed by atoms with Crippen LogP contribution < -0.4 is 0 Å². The average molecular weight is 206 g/mol. The quantitative estimate of drug-likeness (QED) is 0.654. The monoisotopic (exact) mass is 205 g/mol. The van der Waals surface area contributed by atoms with Gasteiger partial charge in [0.05, 0.1) is 9.92 Å². The van der Waals surface area contributed by atoms with E-state index in [9.17, 15) is 13.0 Å². The Morgan fingerprint density at radius 3 is 2.42 bits per heavy atom. The van der Waals surface area contributed by atoms with Crippen LogP contribution in [0.4, 0.5) is 0 Å². The summed E-state index contributed by atoms with van der Waals surface area (Å²) in [7, 11) is -4.44. The molecule has 12 heavy (non-hydrogen) atoms. The fourth-order valence-electron chi connectivity index (χ4n) is 0.802. The zero-order valence-electron chi connectivity index (χ0n) is 6.24. The van der Waals surface area contributed by atoms with Gasteiger partial charge < -0.3 is 4.55 Å². The lowest BCUT2D eigenvalue weighted by molar-refractivity contribution is 0.463. The number of hydrogen-bond acceptors (Lipinski definition) is 3. The third kappa shape index (κ3) is 1.97. The Kier molecular flexibility index (Phi) is 2.41. The highest BCUT2D eigenvalue weighted by atomic mass is 35.5. The Bertz CT molecular complexity index is 397. The van der Waals surface area contributed by atoms with Crippen molar-refractivity contribution in [3.63, 3.8) is 0 Å². The van der Waals surface area contributed by atoms with Crippen molar-refractivity contribution in [2.45, 2.75) is 11.8 Å². The topological polar surface area (TPSA) is 57.2 Å². The van der Waals surface area contributed by atoms with Gasteiger partial charge in [-0.2, -0.15) is 0 Å². The summed E-state index contributed by atoms with van der Waals surface area (Å²) in [4.78, 5) is -0.357. The third-order valence-corrected chi connectivity index (χ3v) is 2.67. The Hall–Kier alpha value is -0.580. The van der Waals surface area contributed by atoms with Gasteiger partial charge in [-0.25, -0.2) is 8.42 Å². The number of rotatable bonds is 1. The van der Waals surface area contributed by atoms with Crippen LogP contribution in [-0.4, -0.2) is 13.0 Å². The first-order chi connectivity index (χ1) is 5.41. The molecule has 0 radical (unpaired) electrons. The van der Waals surface area contributed by atoms with E-state index in [2.05, 4.69) is 0 Å². The zero-order chi connectivity index (χ0) is 9.35. The van der Waals surface area contributed by atoms with E-state index in [1.165, 1.54) is 12.1 Å². The molecule has 0 amide bonds. The van der Waals surface area contributed by atoms with Crippen molar-refractivity contribution < 1.29 is 13.0 Å². The van der Waals surface area contributed by atoms with Gasteiger partial charge in [-0.3, -0.25) is 0 Å². The van der Waals surface area contributed by atoms with E-state index in [0.717, 1.165) is 0 Å². The van der Waals surface area contributed by atoms with Crippen molar-refractivity contribution in [3.8, 4) is 0 Å². The van der Waals surface area contributed by atoms with Crippen LogP contribution in [-0.2, 0) is 10.1 Å². The molecule has 0 atom stereocenters. The molecule has 0 N–H and O–H groups in total. The van der Waals surface area contributed by atoms with Crippen LogP contribution in [0.5, 0.6) is 0 Å². The molecule has 0 saturated carbocycles. The fraction of sp³-hybridized carbons (Fsp3) is 0.143. The predicted octanol–water partition coefficient (Wildman–Crippen LogP) is 1.55. The first-order valence-electron chi connectivity index (χ1n) is 3.13. The molecule has 0 unspecified atom stereocenters. The van der Waals surface area contributed by atoms with E-state index in [1.807, 2.05) is 0 Å². The highest BCUT2D eigenvalue weighted by Gasteiger charge is 2.06. The Labute approximate surface area is 75.7 Å². The normalized spacial score (nSPS) is 11.6. The van der Waals surface area contributed by atoms with Gasteiger partial charge in [0, 0.05) is 0 Å². The van der Waals surface area contributed by atoms with Crippen molar-refractivity contribution in [2.24, 2.45) is 0 Å². The second kappa shape index (κ2) is 3.05. The first-order valence-corrected chi connectivity index (χ1v) is 4.92. The molecule has 5 heteroatoms. The molecule has 1 aromatic carbocycles. The number of benzene rings is 1. The van der Waals surface area contributed by atoms with E-state index in [1.54, 1.807) is 13.0 Å². The summed E-state index contributed by atoms with van der Waals surface area (Å²) >= 11 is 5.50. The molecule has 0 aliphatic heterocycles. The molecular formula is C7H6ClO3S-. The van der Waals surface area contributed by atoms with Gasteiger partial charge in [-0.1, -0.05) is 17.7 Å². The minimum absolute atomic E-state index is 0.0319. The maximum Gasteiger partial charge on any atom is 0.125 e. The van der Waals surface area contributed by atoms with E-state index < -0.39 is 10.1 Å². The molecule has 0 aromatic heterocycles. The SMILES string of the molecule is Cc1ccc(Cl)c(S(=O)(=O)[O-])c1. The maximum absolute atomic E-state index is 10.6. The molecule has 3 nitrogen and oxygen atoms in total. The maximum atomic E-state index is 10.6. The van der Waals surface area contributed by atoms with Gasteiger partial charge in [0.1, 0.15) is 10.1 Å². The van der Waals surface area contributed by atoms with E-state index in [-0.39, 0.29) is 9.92 Å². The van der Waals surface area contributed by atoms with Gasteiger partial charge in [-0.05, 0) is 24.6 Å². The van der Waals surface area contributed by atoms with Gasteiger partial charge in [0.15, 0.2) is 0 Å². The van der Waals surface area contributed by atoms with E-state index in [4.69, 9.17) is 11.6 Å². The van der Waals surface area contributed by atoms with Crippen LogP contribution in [0.15, 0.2) is 23.1 Å². The second-order valence-electron chi connectivity index (χ2n) is 2.39. The summed E-state index contributed by atoms with van der Waals surface area (Å²) in [6.45, 7) is 1.69. The summed E-state index contributed by atoms with van der Waals surface area (Å²) in [5.74, 6) is 0. The summed E-state index contributed by atoms with van der Waals surface area (Å²) in [6, 6.07) is 4.28. The van der Waals surface area contributed by atoms with Crippen molar-refractivity contribution in [1.82, 2.24) is 0 Å². The number of aryl methyl sites for hydroxylation is 1. The Morgan fingerprint density at radius 1 is 1.42 bits per heavy atom. The summed E-state index contributed by atoms with van der Waals surface area (Å²) < 4.78 is 31.7. The van der Waals surface area contributed by atoms with Crippen LogP contribution in [0.2, 0.25) is 5.02 Å². The van der Waals surface area contributed by atoms with Crippen LogP contribution in [0.25, 0.3) is 0 Å². The third-order valence-electron chi connectivity index (χ3n) is 1.36. The number of halogens is 1. The molecule has 0 spiro atoms. The zero-order valence-corrected chi connectivity index (χ0v) is 7.82. The molecule has 0 bridgehead atoms. The molecule has 0 saturated heterocycles. The molecule has 0 fully saturated rings. The van der Waals surface area contributed by atoms with Crippen LogP contribution in [0.1, 0.15) is 5.56 Å². The van der Waals surface area contributed by atoms with Gasteiger partial charge in [0.2, 0.25) is 0 Å². The molecule has 66 valence electrons. The molecular weight excluding hydrogens is 200 g/mol. The van der Waals surface area contributed by atoms with Crippen molar-refractivity contribution >= 4 is 21.7 Å². The van der Waals surface area contributed by atoms with Crippen LogP contribution in [0, 0.1) is 6.92 Å². The predicted molar refractivity (Wildman–Crippen MR) is 44.2 cm³/mol. The molecule has 0 aliphatic rings. The van der Waals surface area contributed by atoms with Gasteiger partial charge in [0.25, 0.3) is 0 Å². The van der Waals surface area contributed by atoms with Gasteiger partial charge >= 0.3 is 0 Å². The largest absolute Gasteiger partial charge is 0.744 e. The minimum atomic E-state index is -4.44. The summed E-state index contributed by atoms with van der Waals surface area (Å²) in [6.07, 6.45) is 0. The summed E-state index contributed by atoms with van der Waals surface area (Å²) in [5, 5.41) is -0.0319. The second-order valence-corrected chi connectivity index (χ2v) is 4.14. The molecule has 0 aliphatic carbocycles. The van der Waals surface area contributed by atoms with Crippen molar-refractivity contribution in [3.05, 3.63) is 28.8 Å². The molecule has 1 rings (SSSR count).